The molecule has 1 saturated heterocycles. The van der Waals surface area contributed by atoms with Crippen molar-refractivity contribution in [3.05, 3.63) is 11.8 Å². The number of allylic oxidation sites excluding steroid dienone is 2. The van der Waals surface area contributed by atoms with Gasteiger partial charge in [0.05, 0.1) is 12.8 Å². The first-order valence-electron chi connectivity index (χ1n) is 4.06. The van der Waals surface area contributed by atoms with Crippen LogP contribution in [0.2, 0.25) is 0 Å². The number of hydrogen-bond donors (Lipinski definition) is 0. The molecule has 0 aromatic heterocycles. The fraction of sp³-hybridized carbons (Fsp3) is 0.444. The molecule has 70 valence electrons. The van der Waals surface area contributed by atoms with E-state index in [0.29, 0.717) is 5.70 Å². The van der Waals surface area contributed by atoms with Gasteiger partial charge in [0.25, 0.3) is 0 Å². The molecule has 1 fully saturated rings. The summed E-state index contributed by atoms with van der Waals surface area (Å²) in [5.74, 6) is -1.14. The highest BCUT2D eigenvalue weighted by atomic mass is 16.2. The summed E-state index contributed by atoms with van der Waals surface area (Å²) in [6, 6.07) is 0. The van der Waals surface area contributed by atoms with E-state index < -0.39 is 11.8 Å². The van der Waals surface area contributed by atoms with Crippen molar-refractivity contribution in [3.8, 4) is 0 Å². The summed E-state index contributed by atoms with van der Waals surface area (Å²) >= 11 is 0. The number of carbonyl (C=O) groups is 3. The summed E-state index contributed by atoms with van der Waals surface area (Å²) in [6.45, 7) is 3.41. The van der Waals surface area contributed by atoms with Crippen molar-refractivity contribution >= 4 is 17.6 Å². The Balaban J connectivity index is 2.91. The third-order valence-electron chi connectivity index (χ3n) is 1.97. The van der Waals surface area contributed by atoms with E-state index in [0.717, 1.165) is 4.90 Å². The fourth-order valence-electron chi connectivity index (χ4n) is 1.22. The third-order valence-corrected chi connectivity index (χ3v) is 1.97. The van der Waals surface area contributed by atoms with Crippen LogP contribution < -0.4 is 0 Å². The Bertz CT molecular complexity index is 284. The first-order chi connectivity index (χ1) is 6.06. The molecule has 0 radical (unpaired) electrons. The van der Waals surface area contributed by atoms with E-state index in [-0.39, 0.29) is 18.6 Å². The second kappa shape index (κ2) is 3.51. The molecule has 4 nitrogen and oxygen atoms in total. The maximum absolute atomic E-state index is 11.3. The lowest BCUT2D eigenvalue weighted by Crippen LogP contribution is -2.42. The zero-order chi connectivity index (χ0) is 10.0. The summed E-state index contributed by atoms with van der Waals surface area (Å²) < 4.78 is 0. The second-order valence-corrected chi connectivity index (χ2v) is 2.95. The van der Waals surface area contributed by atoms with Crippen molar-refractivity contribution in [2.24, 2.45) is 0 Å². The van der Waals surface area contributed by atoms with Crippen molar-refractivity contribution in [2.75, 3.05) is 0 Å². The first kappa shape index (κ1) is 9.64. The highest BCUT2D eigenvalue weighted by Gasteiger charge is 2.31. The maximum atomic E-state index is 11.3. The van der Waals surface area contributed by atoms with E-state index in [4.69, 9.17) is 0 Å². The average molecular weight is 181 g/mol. The Kier molecular flexibility index (Phi) is 2.60. The van der Waals surface area contributed by atoms with Crippen LogP contribution in [0.3, 0.4) is 0 Å². The van der Waals surface area contributed by atoms with Crippen molar-refractivity contribution < 1.29 is 14.4 Å². The molecule has 0 N–H and O–H groups in total. The van der Waals surface area contributed by atoms with Crippen LogP contribution in [-0.2, 0) is 14.4 Å². The van der Waals surface area contributed by atoms with Crippen molar-refractivity contribution in [1.29, 1.82) is 0 Å². The summed E-state index contributed by atoms with van der Waals surface area (Å²) in [6.07, 6.45) is 1.36. The molecule has 0 unspecified atom stereocenters. The van der Waals surface area contributed by atoms with Crippen LogP contribution in [0, 0.1) is 0 Å². The van der Waals surface area contributed by atoms with Gasteiger partial charge in [0.15, 0.2) is 5.78 Å². The molecule has 0 bridgehead atoms. The Hall–Kier alpha value is -1.45. The number of hydrogen-bond acceptors (Lipinski definition) is 3. The Morgan fingerprint density at radius 2 is 1.69 bits per heavy atom. The first-order valence-corrected chi connectivity index (χ1v) is 4.06. The average Bonchev–Trinajstić information content (AvgIpc) is 2.02. The molecule has 0 saturated carbocycles. The lowest BCUT2D eigenvalue weighted by atomic mass is 10.1. The minimum Gasteiger partial charge on any atom is -0.299 e. The molecule has 1 aliphatic rings. The number of likely N-dealkylation sites (tertiary alicyclic amines) is 1. The van der Waals surface area contributed by atoms with E-state index >= 15 is 0 Å². The number of nitrogens with zero attached hydrogens (tertiary/aromatic N) is 1. The quantitative estimate of drug-likeness (QED) is 0.440. The predicted octanol–water partition coefficient (Wildman–Crippen LogP) is 0.628. The van der Waals surface area contributed by atoms with Gasteiger partial charge in [-0.05, 0) is 13.8 Å². The molecule has 0 aromatic rings. The molecule has 4 heteroatoms. The van der Waals surface area contributed by atoms with Crippen LogP contribution in [0.1, 0.15) is 26.7 Å². The normalized spacial score (nSPS) is 19.7. The minimum absolute atomic E-state index is 0.156. The Morgan fingerprint density at radius 3 is 2.08 bits per heavy atom. The van der Waals surface area contributed by atoms with E-state index in [2.05, 4.69) is 0 Å². The number of piperidine rings is 1. The molecule has 2 amide bonds. The summed E-state index contributed by atoms with van der Waals surface area (Å²) in [7, 11) is 0. The summed E-state index contributed by atoms with van der Waals surface area (Å²) in [4.78, 5) is 34.4. The highest BCUT2D eigenvalue weighted by molar-refractivity contribution is 6.17. The number of amides is 2. The molecular formula is C9H11NO3. The molecule has 1 rings (SSSR count). The molecule has 0 atom stereocenters. The lowest BCUT2D eigenvalue weighted by Gasteiger charge is -2.24. The topological polar surface area (TPSA) is 54.5 Å². The van der Waals surface area contributed by atoms with Crippen molar-refractivity contribution in [3.63, 3.8) is 0 Å². The van der Waals surface area contributed by atoms with Crippen molar-refractivity contribution in [2.45, 2.75) is 26.7 Å². The van der Waals surface area contributed by atoms with E-state index in [1.807, 2.05) is 0 Å². The van der Waals surface area contributed by atoms with Crippen LogP contribution >= 0.6 is 0 Å². The monoisotopic (exact) mass is 181 g/mol. The van der Waals surface area contributed by atoms with Crippen LogP contribution in [0.25, 0.3) is 0 Å². The van der Waals surface area contributed by atoms with Gasteiger partial charge in [-0.2, -0.15) is 0 Å². The van der Waals surface area contributed by atoms with Gasteiger partial charge in [-0.1, -0.05) is 6.08 Å². The lowest BCUT2D eigenvalue weighted by molar-refractivity contribution is -0.148. The number of imide groups is 1. The van der Waals surface area contributed by atoms with Gasteiger partial charge in [-0.3, -0.25) is 19.3 Å². The Morgan fingerprint density at radius 1 is 1.23 bits per heavy atom. The van der Waals surface area contributed by atoms with Gasteiger partial charge in [-0.15, -0.1) is 0 Å². The number of Topliss-reactive ketones (excluding diaryl/α,β-unsaturated/α-hetero) is 1. The molecule has 1 heterocycles. The summed E-state index contributed by atoms with van der Waals surface area (Å²) in [5, 5.41) is 0. The van der Waals surface area contributed by atoms with Gasteiger partial charge in [0, 0.05) is 5.70 Å². The van der Waals surface area contributed by atoms with Crippen LogP contribution in [-0.4, -0.2) is 22.5 Å². The van der Waals surface area contributed by atoms with Crippen molar-refractivity contribution in [1.82, 2.24) is 4.90 Å². The zero-order valence-electron chi connectivity index (χ0n) is 7.66. The van der Waals surface area contributed by atoms with Gasteiger partial charge >= 0.3 is 0 Å². The van der Waals surface area contributed by atoms with Gasteiger partial charge in [-0.25, -0.2) is 0 Å². The predicted molar refractivity (Wildman–Crippen MR) is 45.5 cm³/mol. The second-order valence-electron chi connectivity index (χ2n) is 2.95. The molecule has 13 heavy (non-hydrogen) atoms. The van der Waals surface area contributed by atoms with Crippen LogP contribution in [0.15, 0.2) is 11.8 Å². The zero-order valence-corrected chi connectivity index (χ0v) is 7.66. The van der Waals surface area contributed by atoms with E-state index in [9.17, 15) is 14.4 Å². The third kappa shape index (κ3) is 1.83. The Labute approximate surface area is 76.2 Å². The maximum Gasteiger partial charge on any atom is 0.240 e. The highest BCUT2D eigenvalue weighted by Crippen LogP contribution is 2.14. The minimum atomic E-state index is -0.420. The SMILES string of the molecule is C/C=C(/C)N1C(=O)CC(=O)CC1=O. The van der Waals surface area contributed by atoms with E-state index in [1.54, 1.807) is 19.9 Å². The van der Waals surface area contributed by atoms with Gasteiger partial charge < -0.3 is 0 Å². The van der Waals surface area contributed by atoms with Crippen LogP contribution in [0.5, 0.6) is 0 Å². The van der Waals surface area contributed by atoms with Gasteiger partial charge in [0.2, 0.25) is 11.8 Å². The summed E-state index contributed by atoms with van der Waals surface area (Å²) in [5.41, 5.74) is 0.586. The molecule has 0 spiro atoms. The van der Waals surface area contributed by atoms with Crippen LogP contribution in [0.4, 0.5) is 0 Å². The van der Waals surface area contributed by atoms with Gasteiger partial charge in [0.1, 0.15) is 0 Å². The fourth-order valence-corrected chi connectivity index (χ4v) is 1.22. The number of ketones is 1. The molecule has 0 aromatic carbocycles. The number of carbonyl (C=O) groups excluding carboxylic acids is 3. The number of rotatable bonds is 1. The molecule has 1 aliphatic heterocycles. The van der Waals surface area contributed by atoms with E-state index in [1.165, 1.54) is 0 Å². The smallest absolute Gasteiger partial charge is 0.240 e. The largest absolute Gasteiger partial charge is 0.299 e. The molecular weight excluding hydrogens is 170 g/mol. The standard InChI is InChI=1S/C9H11NO3/c1-3-6(2)10-8(12)4-7(11)5-9(10)13/h3H,4-5H2,1-2H3/b6-3-. The molecule has 0 aliphatic carbocycles.